The quantitative estimate of drug-likeness (QED) is 0.830. The summed E-state index contributed by atoms with van der Waals surface area (Å²) in [6, 6.07) is 9.83. The van der Waals surface area contributed by atoms with Crippen molar-refractivity contribution in [2.24, 2.45) is 0 Å². The average Bonchev–Trinajstić information content (AvgIpc) is 2.87. The summed E-state index contributed by atoms with van der Waals surface area (Å²) >= 11 is 0. The molecule has 0 aliphatic carbocycles. The van der Waals surface area contributed by atoms with Gasteiger partial charge < -0.3 is 4.74 Å². The van der Waals surface area contributed by atoms with E-state index in [2.05, 4.69) is 25.0 Å². The molecule has 1 heterocycles. The molecule has 4 heteroatoms. The molecule has 0 bridgehead atoms. The summed E-state index contributed by atoms with van der Waals surface area (Å²) in [6.45, 7) is 4.14. The number of benzene rings is 1. The van der Waals surface area contributed by atoms with Crippen molar-refractivity contribution in [2.45, 2.75) is 19.9 Å². The third kappa shape index (κ3) is 2.21. The Morgan fingerprint density at radius 1 is 1.33 bits per heavy atom. The van der Waals surface area contributed by atoms with Crippen molar-refractivity contribution >= 4 is 0 Å². The fourth-order valence-corrected chi connectivity index (χ4v) is 1.88. The Kier molecular flexibility index (Phi) is 3.33. The fourth-order valence-electron chi connectivity index (χ4n) is 1.88. The average molecular weight is 241 g/mol. The van der Waals surface area contributed by atoms with E-state index in [0.717, 1.165) is 11.3 Å². The Morgan fingerprint density at radius 2 is 2.11 bits per heavy atom. The molecule has 0 amide bonds. The maximum atomic E-state index is 9.03. The summed E-state index contributed by atoms with van der Waals surface area (Å²) in [5, 5.41) is 13.3. The van der Waals surface area contributed by atoms with E-state index in [4.69, 9.17) is 10.00 Å². The summed E-state index contributed by atoms with van der Waals surface area (Å²) in [5.41, 5.74) is 2.51. The van der Waals surface area contributed by atoms with E-state index in [0.29, 0.717) is 11.3 Å². The van der Waals surface area contributed by atoms with Crippen LogP contribution < -0.4 is 4.74 Å². The summed E-state index contributed by atoms with van der Waals surface area (Å²) in [7, 11) is 1.60. The molecule has 0 radical (unpaired) electrons. The van der Waals surface area contributed by atoms with Gasteiger partial charge in [-0.3, -0.25) is 4.68 Å². The number of aromatic nitrogens is 2. The number of rotatable bonds is 3. The van der Waals surface area contributed by atoms with Gasteiger partial charge in [-0.25, -0.2) is 0 Å². The highest BCUT2D eigenvalue weighted by atomic mass is 16.5. The van der Waals surface area contributed by atoms with Gasteiger partial charge in [-0.05, 0) is 38.1 Å². The smallest absolute Gasteiger partial charge is 0.120 e. The molecule has 0 unspecified atom stereocenters. The lowest BCUT2D eigenvalue weighted by molar-refractivity contribution is 0.414. The molecule has 4 nitrogen and oxygen atoms in total. The number of ether oxygens (including phenoxy) is 1. The van der Waals surface area contributed by atoms with Crippen LogP contribution in [0.2, 0.25) is 0 Å². The predicted octanol–water partition coefficient (Wildman–Crippen LogP) is 3.01. The van der Waals surface area contributed by atoms with Gasteiger partial charge in [0.15, 0.2) is 0 Å². The molecular formula is C14H15N3O. The summed E-state index contributed by atoms with van der Waals surface area (Å²) in [4.78, 5) is 0. The third-order valence-corrected chi connectivity index (χ3v) is 2.73. The highest BCUT2D eigenvalue weighted by molar-refractivity contribution is 5.64. The topological polar surface area (TPSA) is 50.8 Å². The van der Waals surface area contributed by atoms with Crippen LogP contribution in [0, 0.1) is 11.3 Å². The van der Waals surface area contributed by atoms with Gasteiger partial charge in [0, 0.05) is 17.8 Å². The molecule has 18 heavy (non-hydrogen) atoms. The van der Waals surface area contributed by atoms with E-state index in [-0.39, 0.29) is 6.04 Å². The molecule has 1 aromatic heterocycles. The molecule has 0 saturated carbocycles. The number of hydrogen-bond donors (Lipinski definition) is 0. The van der Waals surface area contributed by atoms with E-state index in [1.807, 2.05) is 22.9 Å². The number of hydrogen-bond acceptors (Lipinski definition) is 3. The van der Waals surface area contributed by atoms with Crippen LogP contribution in [-0.2, 0) is 0 Å². The van der Waals surface area contributed by atoms with Crippen molar-refractivity contribution in [1.29, 1.82) is 5.26 Å². The van der Waals surface area contributed by atoms with Gasteiger partial charge in [0.25, 0.3) is 0 Å². The fraction of sp³-hybridized carbons (Fsp3) is 0.286. The van der Waals surface area contributed by atoms with Crippen molar-refractivity contribution in [3.63, 3.8) is 0 Å². The van der Waals surface area contributed by atoms with Crippen LogP contribution in [0.15, 0.2) is 30.5 Å². The lowest BCUT2D eigenvalue weighted by Gasteiger charge is -2.12. The lowest BCUT2D eigenvalue weighted by Crippen LogP contribution is -2.04. The highest BCUT2D eigenvalue weighted by Crippen LogP contribution is 2.27. The summed E-state index contributed by atoms with van der Waals surface area (Å²) in [6.07, 6.45) is 1.76. The van der Waals surface area contributed by atoms with Gasteiger partial charge in [0.1, 0.15) is 5.75 Å². The van der Waals surface area contributed by atoms with E-state index >= 15 is 0 Å². The summed E-state index contributed by atoms with van der Waals surface area (Å²) in [5.74, 6) is 0.681. The molecule has 0 aliphatic heterocycles. The SMILES string of the molecule is COc1cc(C#N)cc(-c2ccnn2C(C)C)c1. The zero-order valence-electron chi connectivity index (χ0n) is 10.7. The number of methoxy groups -OCH3 is 1. The largest absolute Gasteiger partial charge is 0.497 e. The van der Waals surface area contributed by atoms with Gasteiger partial charge in [-0.15, -0.1) is 0 Å². The zero-order valence-corrected chi connectivity index (χ0v) is 10.7. The van der Waals surface area contributed by atoms with Gasteiger partial charge in [-0.1, -0.05) is 0 Å². The van der Waals surface area contributed by atoms with Crippen LogP contribution >= 0.6 is 0 Å². The number of nitrogens with zero attached hydrogens (tertiary/aromatic N) is 3. The molecule has 0 saturated heterocycles. The Bertz CT molecular complexity index is 593. The molecule has 0 N–H and O–H groups in total. The second-order valence-corrected chi connectivity index (χ2v) is 4.32. The molecular weight excluding hydrogens is 226 g/mol. The zero-order chi connectivity index (χ0) is 13.1. The van der Waals surface area contributed by atoms with Crippen LogP contribution in [0.1, 0.15) is 25.5 Å². The van der Waals surface area contributed by atoms with E-state index < -0.39 is 0 Å². The van der Waals surface area contributed by atoms with Crippen LogP contribution in [0.3, 0.4) is 0 Å². The van der Waals surface area contributed by atoms with Crippen LogP contribution in [0.4, 0.5) is 0 Å². The van der Waals surface area contributed by atoms with Crippen LogP contribution in [0.25, 0.3) is 11.3 Å². The Hall–Kier alpha value is -2.28. The Balaban J connectivity index is 2.56. The first kappa shape index (κ1) is 12.2. The van der Waals surface area contributed by atoms with Gasteiger partial charge >= 0.3 is 0 Å². The maximum Gasteiger partial charge on any atom is 0.120 e. The van der Waals surface area contributed by atoms with E-state index in [1.165, 1.54) is 0 Å². The van der Waals surface area contributed by atoms with Crippen molar-refractivity contribution in [3.05, 3.63) is 36.0 Å². The van der Waals surface area contributed by atoms with Crippen molar-refractivity contribution < 1.29 is 4.74 Å². The Labute approximate surface area is 106 Å². The molecule has 1 aromatic carbocycles. The third-order valence-electron chi connectivity index (χ3n) is 2.73. The molecule has 0 atom stereocenters. The predicted molar refractivity (Wildman–Crippen MR) is 69.3 cm³/mol. The normalized spacial score (nSPS) is 10.4. The van der Waals surface area contributed by atoms with Crippen LogP contribution in [-0.4, -0.2) is 16.9 Å². The maximum absolute atomic E-state index is 9.03. The standard InChI is InChI=1S/C14H15N3O/c1-10(2)17-14(4-5-16-17)12-6-11(9-15)7-13(8-12)18-3/h4-8,10H,1-3H3. The minimum Gasteiger partial charge on any atom is -0.497 e. The first-order valence-electron chi connectivity index (χ1n) is 5.78. The summed E-state index contributed by atoms with van der Waals surface area (Å²) < 4.78 is 7.14. The molecule has 2 rings (SSSR count). The molecule has 0 fully saturated rings. The molecule has 92 valence electrons. The first-order chi connectivity index (χ1) is 8.65. The highest BCUT2D eigenvalue weighted by Gasteiger charge is 2.10. The Morgan fingerprint density at radius 3 is 2.72 bits per heavy atom. The van der Waals surface area contributed by atoms with Crippen molar-refractivity contribution in [2.75, 3.05) is 7.11 Å². The van der Waals surface area contributed by atoms with Gasteiger partial charge in [0.05, 0.1) is 24.4 Å². The second-order valence-electron chi connectivity index (χ2n) is 4.32. The van der Waals surface area contributed by atoms with Crippen LogP contribution in [0.5, 0.6) is 5.75 Å². The van der Waals surface area contributed by atoms with Gasteiger partial charge in [0.2, 0.25) is 0 Å². The van der Waals surface area contributed by atoms with Gasteiger partial charge in [-0.2, -0.15) is 10.4 Å². The monoisotopic (exact) mass is 241 g/mol. The first-order valence-corrected chi connectivity index (χ1v) is 5.78. The van der Waals surface area contributed by atoms with Crippen molar-refractivity contribution in [1.82, 2.24) is 9.78 Å². The minimum atomic E-state index is 0.270. The lowest BCUT2D eigenvalue weighted by atomic mass is 10.1. The molecule has 0 spiro atoms. The van der Waals surface area contributed by atoms with E-state index in [1.54, 1.807) is 19.4 Å². The molecule has 2 aromatic rings. The minimum absolute atomic E-state index is 0.270. The second kappa shape index (κ2) is 4.92. The molecule has 0 aliphatic rings. The number of nitriles is 1. The van der Waals surface area contributed by atoms with Crippen molar-refractivity contribution in [3.8, 4) is 23.1 Å². The van der Waals surface area contributed by atoms with E-state index in [9.17, 15) is 0 Å².